The van der Waals surface area contributed by atoms with Crippen LogP contribution < -0.4 is 20.1 Å². The second-order valence-corrected chi connectivity index (χ2v) is 10.4. The Hall–Kier alpha value is -4.16. The largest absolute Gasteiger partial charge is 0.846 e. The molecule has 5 rings (SSSR count). The average molecular weight is 608 g/mol. The summed E-state index contributed by atoms with van der Waals surface area (Å²) in [5, 5.41) is 31.2. The van der Waals surface area contributed by atoms with Crippen LogP contribution in [-0.4, -0.2) is 58.7 Å². The number of aliphatic hydroxyl groups is 1. The van der Waals surface area contributed by atoms with Crippen molar-refractivity contribution < 1.29 is 43.1 Å². The Labute approximate surface area is 248 Å². The summed E-state index contributed by atoms with van der Waals surface area (Å²) in [6.07, 6.45) is -4.05. The molecule has 1 unspecified atom stereocenters. The first-order chi connectivity index (χ1) is 20.8. The smallest absolute Gasteiger partial charge is 0.695 e. The number of nitrogens with zero attached hydrogens (tertiary/aromatic N) is 2. The molecule has 13 heteroatoms. The molecule has 1 aromatic heterocycles. The summed E-state index contributed by atoms with van der Waals surface area (Å²) in [6.45, 7) is -0.243. The van der Waals surface area contributed by atoms with E-state index < -0.39 is 44.4 Å². The van der Waals surface area contributed by atoms with Crippen LogP contribution in [0.25, 0.3) is 0 Å². The predicted molar refractivity (Wildman–Crippen MR) is 150 cm³/mol. The van der Waals surface area contributed by atoms with Crippen molar-refractivity contribution in [3.8, 4) is 17.5 Å². The molecule has 0 aliphatic carbocycles. The maximum Gasteiger partial charge on any atom is 0.695 e. The average Bonchev–Trinajstić information content (AvgIpc) is 3.32. The third-order valence-electron chi connectivity index (χ3n) is 7.26. The van der Waals surface area contributed by atoms with Crippen LogP contribution in [0.2, 0.25) is 0 Å². The molecule has 0 bridgehead atoms. The Morgan fingerprint density at radius 3 is 2.02 bits per heavy atom. The Morgan fingerprint density at radius 1 is 0.953 bits per heavy atom. The van der Waals surface area contributed by atoms with E-state index in [0.717, 1.165) is 21.3 Å². The molecule has 0 radical (unpaired) electrons. The number of rotatable bonds is 11. The summed E-state index contributed by atoms with van der Waals surface area (Å²) in [7, 11) is -0.00838. The summed E-state index contributed by atoms with van der Waals surface area (Å²) in [6, 6.07) is 24.6. The lowest BCUT2D eigenvalue weighted by Gasteiger charge is -2.37. The lowest BCUT2D eigenvalue weighted by atomic mass is 9.80. The fourth-order valence-corrected chi connectivity index (χ4v) is 5.67. The number of ether oxygens (including phenoxy) is 4. The molecular formula is C30H30N3O9P. The summed E-state index contributed by atoms with van der Waals surface area (Å²) in [5.74, 6) is 1.28. The summed E-state index contributed by atoms with van der Waals surface area (Å²) in [4.78, 5) is 13.2. The quantitative estimate of drug-likeness (QED) is 0.170. The van der Waals surface area contributed by atoms with Crippen LogP contribution in [0.15, 0.2) is 91.1 Å². The van der Waals surface area contributed by atoms with Crippen LogP contribution in [0.4, 0.5) is 0 Å². The first-order valence-electron chi connectivity index (χ1n) is 13.2. The number of hydrogen-bond donors (Lipinski definition) is 3. The molecule has 0 spiro atoms. The van der Waals surface area contributed by atoms with Gasteiger partial charge >= 0.3 is 8.25 Å². The van der Waals surface area contributed by atoms with Crippen molar-refractivity contribution >= 4 is 8.25 Å². The Balaban J connectivity index is 1.59. The first kappa shape index (κ1) is 30.3. The monoisotopic (exact) mass is 607 g/mol. The van der Waals surface area contributed by atoms with E-state index in [1.165, 1.54) is 12.3 Å². The second kappa shape index (κ2) is 13.0. The molecule has 3 N–H and O–H groups in total. The van der Waals surface area contributed by atoms with Crippen molar-refractivity contribution in [2.75, 3.05) is 20.8 Å². The van der Waals surface area contributed by atoms with Crippen molar-refractivity contribution in [2.24, 2.45) is 0 Å². The molecule has 1 aliphatic heterocycles. The third-order valence-corrected chi connectivity index (χ3v) is 7.69. The topological polar surface area (TPSA) is 168 Å². The van der Waals surface area contributed by atoms with Gasteiger partial charge in [-0.2, -0.15) is 0 Å². The number of benzene rings is 3. The molecule has 1 saturated heterocycles. The zero-order chi connectivity index (χ0) is 30.6. The lowest BCUT2D eigenvalue weighted by molar-refractivity contribution is -0.292. The van der Waals surface area contributed by atoms with Gasteiger partial charge in [-0.05, 0) is 47.0 Å². The molecule has 43 heavy (non-hydrogen) atoms. The molecule has 1 aliphatic rings. The number of aliphatic hydroxyl groups excluding tert-OH is 1. The minimum absolute atomic E-state index is 0.243. The lowest BCUT2D eigenvalue weighted by Crippen LogP contribution is -2.40. The van der Waals surface area contributed by atoms with E-state index in [1.54, 1.807) is 14.2 Å². The van der Waals surface area contributed by atoms with Crippen molar-refractivity contribution in [1.29, 1.82) is 5.41 Å². The highest BCUT2D eigenvalue weighted by Gasteiger charge is 2.51. The van der Waals surface area contributed by atoms with Crippen molar-refractivity contribution in [3.63, 3.8) is 0 Å². The maximum absolute atomic E-state index is 12.5. The van der Waals surface area contributed by atoms with Gasteiger partial charge in [0.2, 0.25) is 0 Å². The van der Waals surface area contributed by atoms with E-state index in [0.29, 0.717) is 11.5 Å². The molecule has 0 saturated carbocycles. The number of nitrogens with one attached hydrogen (secondary N) is 1. The van der Waals surface area contributed by atoms with Crippen LogP contribution >= 0.6 is 8.25 Å². The fraction of sp³-hybridized carbons (Fsp3) is 0.267. The van der Waals surface area contributed by atoms with Crippen LogP contribution in [0.5, 0.6) is 17.5 Å². The van der Waals surface area contributed by atoms with E-state index in [2.05, 4.69) is 4.98 Å². The molecule has 0 amide bonds. The molecule has 5 atom stereocenters. The van der Waals surface area contributed by atoms with Crippen molar-refractivity contribution in [1.82, 2.24) is 9.55 Å². The SMILES string of the molecule is COc1ccc(C(OC[C@H]2O[C@@H](n3ccc(=N)nc3[O-])[C@H](O)[C@@H]2O[P+](=O)O)(c2ccccc2)c2ccc(OC)cc2)cc1. The zero-order valence-electron chi connectivity index (χ0n) is 23.3. The van der Waals surface area contributed by atoms with E-state index >= 15 is 0 Å². The van der Waals surface area contributed by atoms with Gasteiger partial charge < -0.3 is 33.7 Å². The molecule has 12 nitrogen and oxygen atoms in total. The minimum atomic E-state index is -3.15. The minimum Gasteiger partial charge on any atom is -0.846 e. The summed E-state index contributed by atoms with van der Waals surface area (Å²) in [5.41, 5.74) is 0.724. The summed E-state index contributed by atoms with van der Waals surface area (Å²) < 4.78 is 41.6. The van der Waals surface area contributed by atoms with Crippen molar-refractivity contribution in [2.45, 2.75) is 30.1 Å². The van der Waals surface area contributed by atoms with Gasteiger partial charge in [0.15, 0.2) is 12.3 Å². The molecule has 4 aromatic rings. The van der Waals surface area contributed by atoms with Gasteiger partial charge in [0, 0.05) is 10.8 Å². The van der Waals surface area contributed by atoms with Crippen LogP contribution in [-0.2, 0) is 24.2 Å². The second-order valence-electron chi connectivity index (χ2n) is 9.68. The maximum atomic E-state index is 12.5. The standard InChI is InChI=1S/C30H30N3O9P/c1-38-22-12-8-20(9-13-22)30(19-6-4-3-5-7-19,21-10-14-23(39-2)15-11-21)40-18-24-27(42-43(36)37)26(34)28(41-24)33-17-16-25(31)32-29(33)35/h3-17,24,26-28,34H,18H2,1-2H3,(H2-,31,32,35,36,37)/t24-,26-,27-,28-/m1/s1. The number of hydrogen-bond acceptors (Lipinski definition) is 10. The zero-order valence-corrected chi connectivity index (χ0v) is 24.2. The number of aromatic nitrogens is 2. The van der Waals surface area contributed by atoms with Gasteiger partial charge in [0.05, 0.1) is 26.8 Å². The highest BCUT2D eigenvalue weighted by molar-refractivity contribution is 7.32. The number of methoxy groups -OCH3 is 2. The van der Waals surface area contributed by atoms with E-state index in [9.17, 15) is 19.7 Å². The predicted octanol–water partition coefficient (Wildman–Crippen LogP) is 2.76. The van der Waals surface area contributed by atoms with Gasteiger partial charge in [-0.1, -0.05) is 54.6 Å². The van der Waals surface area contributed by atoms with Crippen molar-refractivity contribution in [3.05, 3.63) is 113 Å². The Kier molecular flexibility index (Phi) is 9.16. The van der Waals surface area contributed by atoms with E-state index in [4.69, 9.17) is 28.9 Å². The highest BCUT2D eigenvalue weighted by Crippen LogP contribution is 2.44. The van der Waals surface area contributed by atoms with Crippen LogP contribution in [0.1, 0.15) is 22.9 Å². The Morgan fingerprint density at radius 2 is 1.51 bits per heavy atom. The fourth-order valence-electron chi connectivity index (χ4n) is 5.21. The van der Waals surface area contributed by atoms with Gasteiger partial charge in [0.1, 0.15) is 34.8 Å². The van der Waals surface area contributed by atoms with E-state index in [-0.39, 0.29) is 12.1 Å². The third kappa shape index (κ3) is 6.16. The Bertz CT molecular complexity index is 1550. The molecule has 2 heterocycles. The van der Waals surface area contributed by atoms with Crippen LogP contribution in [0.3, 0.4) is 0 Å². The van der Waals surface area contributed by atoms with E-state index in [1.807, 2.05) is 78.9 Å². The molecular weight excluding hydrogens is 577 g/mol. The normalized spacial score (nSPS) is 20.5. The van der Waals surface area contributed by atoms with Gasteiger partial charge in [0.25, 0.3) is 0 Å². The van der Waals surface area contributed by atoms with Crippen LogP contribution in [0, 0.1) is 5.41 Å². The molecule has 224 valence electrons. The van der Waals surface area contributed by atoms with Gasteiger partial charge in [-0.3, -0.25) is 5.41 Å². The van der Waals surface area contributed by atoms with Gasteiger partial charge in [-0.25, -0.2) is 4.98 Å². The van der Waals surface area contributed by atoms with Gasteiger partial charge in [-0.15, -0.1) is 9.42 Å². The summed E-state index contributed by atoms with van der Waals surface area (Å²) >= 11 is 0. The first-order valence-corrected chi connectivity index (χ1v) is 14.4. The highest BCUT2D eigenvalue weighted by atomic mass is 31.1. The molecule has 1 fully saturated rings. The molecule has 3 aromatic carbocycles.